The molecule has 0 bridgehead atoms. The van der Waals surface area contributed by atoms with Gasteiger partial charge in [-0.1, -0.05) is 6.08 Å². The van der Waals surface area contributed by atoms with Crippen molar-refractivity contribution in [1.29, 1.82) is 0 Å². The molecule has 2 unspecified atom stereocenters. The number of alkyl halides is 1. The van der Waals surface area contributed by atoms with Gasteiger partial charge in [0, 0.05) is 12.6 Å². The summed E-state index contributed by atoms with van der Waals surface area (Å²) in [5, 5.41) is 3.23. The predicted molar refractivity (Wildman–Crippen MR) is 51.6 cm³/mol. The summed E-state index contributed by atoms with van der Waals surface area (Å²) in [6.07, 6.45) is 2.54. The number of hydrogen-bond acceptors (Lipinski definition) is 2. The summed E-state index contributed by atoms with van der Waals surface area (Å²) in [7, 11) is 0. The van der Waals surface area contributed by atoms with E-state index in [9.17, 15) is 4.39 Å². The van der Waals surface area contributed by atoms with E-state index in [1.807, 2.05) is 0 Å². The Bertz CT molecular complexity index is 164. The second-order valence-electron chi connectivity index (χ2n) is 3.84. The van der Waals surface area contributed by atoms with Gasteiger partial charge in [0.2, 0.25) is 0 Å². The van der Waals surface area contributed by atoms with Crippen LogP contribution in [0.4, 0.5) is 4.39 Å². The first-order valence-electron chi connectivity index (χ1n) is 4.75. The number of morpholine rings is 1. The topological polar surface area (TPSA) is 21.3 Å². The highest BCUT2D eigenvalue weighted by molar-refractivity contribution is 4.88. The van der Waals surface area contributed by atoms with Crippen molar-refractivity contribution in [3.05, 3.63) is 12.7 Å². The molecule has 1 rings (SSSR count). The lowest BCUT2D eigenvalue weighted by Gasteiger charge is -2.29. The minimum Gasteiger partial charge on any atom is -0.379 e. The monoisotopic (exact) mass is 187 g/mol. The van der Waals surface area contributed by atoms with Crippen LogP contribution in [0.3, 0.4) is 0 Å². The van der Waals surface area contributed by atoms with Crippen molar-refractivity contribution in [3.63, 3.8) is 0 Å². The van der Waals surface area contributed by atoms with Crippen molar-refractivity contribution in [2.24, 2.45) is 0 Å². The molecule has 0 aromatic heterocycles. The fourth-order valence-corrected chi connectivity index (χ4v) is 1.65. The van der Waals surface area contributed by atoms with Gasteiger partial charge < -0.3 is 10.1 Å². The predicted octanol–water partition coefficient (Wildman–Crippen LogP) is 1.67. The Hall–Kier alpha value is -0.410. The summed E-state index contributed by atoms with van der Waals surface area (Å²) in [5.41, 5.74) is -1.15. The molecule has 0 amide bonds. The third-order valence-electron chi connectivity index (χ3n) is 2.24. The van der Waals surface area contributed by atoms with E-state index in [0.717, 1.165) is 13.2 Å². The van der Waals surface area contributed by atoms with Gasteiger partial charge in [-0.05, 0) is 19.8 Å². The minimum atomic E-state index is -1.15. The smallest absolute Gasteiger partial charge is 0.113 e. The molecule has 0 aliphatic carbocycles. The van der Waals surface area contributed by atoms with E-state index < -0.39 is 5.67 Å². The van der Waals surface area contributed by atoms with Crippen molar-refractivity contribution >= 4 is 0 Å². The Morgan fingerprint density at radius 3 is 3.08 bits per heavy atom. The van der Waals surface area contributed by atoms with Crippen LogP contribution in [0.1, 0.15) is 19.8 Å². The zero-order valence-corrected chi connectivity index (χ0v) is 8.18. The largest absolute Gasteiger partial charge is 0.379 e. The molecule has 0 radical (unpaired) electrons. The molecule has 1 fully saturated rings. The molecule has 0 spiro atoms. The van der Waals surface area contributed by atoms with Crippen molar-refractivity contribution in [3.8, 4) is 0 Å². The zero-order valence-electron chi connectivity index (χ0n) is 8.18. The third-order valence-corrected chi connectivity index (χ3v) is 2.24. The Kier molecular flexibility index (Phi) is 3.88. The molecule has 1 aliphatic heterocycles. The molecular weight excluding hydrogens is 169 g/mol. The van der Waals surface area contributed by atoms with Gasteiger partial charge >= 0.3 is 0 Å². The second kappa shape index (κ2) is 4.72. The Balaban J connectivity index is 2.32. The average Bonchev–Trinajstić information content (AvgIpc) is 2.04. The summed E-state index contributed by atoms with van der Waals surface area (Å²) in [5.74, 6) is 0. The van der Waals surface area contributed by atoms with E-state index in [1.165, 1.54) is 0 Å². The molecule has 13 heavy (non-hydrogen) atoms. The quantitative estimate of drug-likeness (QED) is 0.676. The van der Waals surface area contributed by atoms with Crippen LogP contribution in [0.5, 0.6) is 0 Å². The summed E-state index contributed by atoms with van der Waals surface area (Å²) in [6, 6.07) is 0.156. The van der Waals surface area contributed by atoms with Gasteiger partial charge in [0.25, 0.3) is 0 Å². The molecule has 1 N–H and O–H groups in total. The van der Waals surface area contributed by atoms with Gasteiger partial charge in [-0.25, -0.2) is 4.39 Å². The number of rotatable bonds is 4. The Morgan fingerprint density at radius 2 is 2.54 bits per heavy atom. The summed E-state index contributed by atoms with van der Waals surface area (Å²) in [6.45, 7) is 7.35. The van der Waals surface area contributed by atoms with Crippen molar-refractivity contribution in [2.75, 3.05) is 19.8 Å². The highest BCUT2D eigenvalue weighted by Crippen LogP contribution is 2.22. The van der Waals surface area contributed by atoms with E-state index >= 15 is 0 Å². The van der Waals surface area contributed by atoms with Crippen LogP contribution in [0, 0.1) is 0 Å². The van der Waals surface area contributed by atoms with Crippen molar-refractivity contribution in [1.82, 2.24) is 5.32 Å². The van der Waals surface area contributed by atoms with Crippen LogP contribution in [-0.2, 0) is 4.74 Å². The fourth-order valence-electron chi connectivity index (χ4n) is 1.65. The Morgan fingerprint density at radius 1 is 1.77 bits per heavy atom. The first-order valence-corrected chi connectivity index (χ1v) is 4.75. The third kappa shape index (κ3) is 3.87. The number of nitrogens with one attached hydrogen (secondary N) is 1. The first-order chi connectivity index (χ1) is 6.14. The molecule has 0 saturated carbocycles. The molecule has 2 nitrogen and oxygen atoms in total. The first kappa shape index (κ1) is 10.7. The van der Waals surface area contributed by atoms with E-state index in [4.69, 9.17) is 4.74 Å². The van der Waals surface area contributed by atoms with E-state index in [2.05, 4.69) is 11.9 Å². The lowest BCUT2D eigenvalue weighted by Crippen LogP contribution is -2.44. The maximum Gasteiger partial charge on any atom is 0.113 e. The SMILES string of the molecule is C=CCC(C)(F)CC1COCCN1. The maximum atomic E-state index is 13.7. The van der Waals surface area contributed by atoms with Crippen LogP contribution in [0.25, 0.3) is 0 Å². The highest BCUT2D eigenvalue weighted by atomic mass is 19.1. The Labute approximate surface area is 79.2 Å². The zero-order chi connectivity index (χ0) is 9.73. The molecule has 1 heterocycles. The lowest BCUT2D eigenvalue weighted by molar-refractivity contribution is 0.0490. The van der Waals surface area contributed by atoms with E-state index in [0.29, 0.717) is 19.4 Å². The normalized spacial score (nSPS) is 28.0. The molecular formula is C10H18FNO. The molecule has 3 heteroatoms. The standard InChI is InChI=1S/C10H18FNO/c1-3-4-10(2,11)7-9-8-13-6-5-12-9/h3,9,12H,1,4-8H2,2H3. The summed E-state index contributed by atoms with van der Waals surface area (Å²) >= 11 is 0. The maximum absolute atomic E-state index is 13.7. The number of ether oxygens (including phenoxy) is 1. The van der Waals surface area contributed by atoms with E-state index in [1.54, 1.807) is 13.0 Å². The number of halogens is 1. The lowest BCUT2D eigenvalue weighted by atomic mass is 9.95. The van der Waals surface area contributed by atoms with Gasteiger partial charge in [-0.15, -0.1) is 6.58 Å². The van der Waals surface area contributed by atoms with Gasteiger partial charge in [0.05, 0.1) is 13.2 Å². The van der Waals surface area contributed by atoms with Crippen LogP contribution in [0.2, 0.25) is 0 Å². The minimum absolute atomic E-state index is 0.156. The van der Waals surface area contributed by atoms with Crippen LogP contribution < -0.4 is 5.32 Å². The van der Waals surface area contributed by atoms with Gasteiger partial charge in [-0.3, -0.25) is 0 Å². The highest BCUT2D eigenvalue weighted by Gasteiger charge is 2.27. The second-order valence-corrected chi connectivity index (χ2v) is 3.84. The number of allylic oxidation sites excluding steroid dienone is 1. The van der Waals surface area contributed by atoms with Crippen LogP contribution in [0.15, 0.2) is 12.7 Å². The van der Waals surface area contributed by atoms with E-state index in [-0.39, 0.29) is 6.04 Å². The molecule has 0 aromatic carbocycles. The van der Waals surface area contributed by atoms with Crippen molar-refractivity contribution in [2.45, 2.75) is 31.5 Å². The molecule has 0 aromatic rings. The van der Waals surface area contributed by atoms with Crippen LogP contribution >= 0.6 is 0 Å². The van der Waals surface area contributed by atoms with Crippen LogP contribution in [-0.4, -0.2) is 31.5 Å². The summed E-state index contributed by atoms with van der Waals surface area (Å²) in [4.78, 5) is 0. The number of hydrogen-bond donors (Lipinski definition) is 1. The molecule has 76 valence electrons. The fraction of sp³-hybridized carbons (Fsp3) is 0.800. The average molecular weight is 187 g/mol. The molecule has 1 saturated heterocycles. The van der Waals surface area contributed by atoms with Crippen molar-refractivity contribution < 1.29 is 9.13 Å². The van der Waals surface area contributed by atoms with Gasteiger partial charge in [0.1, 0.15) is 5.67 Å². The van der Waals surface area contributed by atoms with Gasteiger partial charge in [0.15, 0.2) is 0 Å². The summed E-state index contributed by atoms with van der Waals surface area (Å²) < 4.78 is 19.0. The molecule has 2 atom stereocenters. The molecule has 1 aliphatic rings. The van der Waals surface area contributed by atoms with Gasteiger partial charge in [-0.2, -0.15) is 0 Å².